The van der Waals surface area contributed by atoms with E-state index in [9.17, 15) is 0 Å². The zero-order chi connectivity index (χ0) is 12.4. The van der Waals surface area contributed by atoms with Crippen LogP contribution in [0, 0.1) is 0 Å². The summed E-state index contributed by atoms with van der Waals surface area (Å²) in [4.78, 5) is 0. The van der Waals surface area contributed by atoms with Crippen LogP contribution in [0.3, 0.4) is 0 Å². The second-order valence-corrected chi connectivity index (χ2v) is 4.71. The molecule has 0 fully saturated rings. The molecule has 3 rings (SSSR count). The van der Waals surface area contributed by atoms with E-state index in [1.54, 1.807) is 0 Å². The Balaban J connectivity index is 2.08. The minimum atomic E-state index is 1.06. The molecule has 0 unspecified atom stereocenters. The summed E-state index contributed by atoms with van der Waals surface area (Å²) in [6, 6.07) is 21.3. The van der Waals surface area contributed by atoms with Gasteiger partial charge in [0.2, 0.25) is 0 Å². The van der Waals surface area contributed by atoms with E-state index in [0.717, 1.165) is 6.42 Å². The predicted octanol–water partition coefficient (Wildman–Crippen LogP) is 4.95. The van der Waals surface area contributed by atoms with Gasteiger partial charge >= 0.3 is 0 Å². The highest BCUT2D eigenvalue weighted by atomic mass is 14.2. The van der Waals surface area contributed by atoms with Crippen molar-refractivity contribution in [2.24, 2.45) is 0 Å². The van der Waals surface area contributed by atoms with Crippen molar-refractivity contribution in [1.82, 2.24) is 0 Å². The van der Waals surface area contributed by atoms with Gasteiger partial charge < -0.3 is 0 Å². The molecule has 0 saturated carbocycles. The van der Waals surface area contributed by atoms with Crippen LogP contribution >= 0.6 is 0 Å². The molecule has 0 bridgehead atoms. The molecule has 0 spiro atoms. The highest BCUT2D eigenvalue weighted by molar-refractivity contribution is 6.08. The summed E-state index contributed by atoms with van der Waals surface area (Å²) in [7, 11) is 0. The molecule has 0 radical (unpaired) electrons. The van der Waals surface area contributed by atoms with Gasteiger partial charge in [0.1, 0.15) is 0 Å². The Hall–Kier alpha value is -2.08. The molecular weight excluding hydrogens is 216 g/mol. The van der Waals surface area contributed by atoms with Crippen LogP contribution in [0.5, 0.6) is 0 Å². The van der Waals surface area contributed by atoms with Crippen LogP contribution in [0.1, 0.15) is 24.5 Å². The standard InChI is InChI=1S/C18H16/c1-14-12-13-17(15-8-4-2-5-9-15)18(14)16-10-6-3-7-11-16/h2-11,13H,12H2,1H3. The maximum atomic E-state index is 2.34. The van der Waals surface area contributed by atoms with Crippen LogP contribution in [0.4, 0.5) is 0 Å². The Morgan fingerprint density at radius 3 is 1.89 bits per heavy atom. The number of benzene rings is 2. The van der Waals surface area contributed by atoms with E-state index < -0.39 is 0 Å². The van der Waals surface area contributed by atoms with E-state index in [1.165, 1.54) is 27.8 Å². The zero-order valence-electron chi connectivity index (χ0n) is 10.6. The summed E-state index contributed by atoms with van der Waals surface area (Å²) in [5.41, 5.74) is 6.87. The molecule has 1 aliphatic carbocycles. The molecule has 0 aliphatic heterocycles. The van der Waals surface area contributed by atoms with E-state index in [1.807, 2.05) is 0 Å². The monoisotopic (exact) mass is 232 g/mol. The average Bonchev–Trinajstić information content (AvgIpc) is 2.83. The second kappa shape index (κ2) is 4.66. The van der Waals surface area contributed by atoms with E-state index in [0.29, 0.717) is 0 Å². The van der Waals surface area contributed by atoms with Gasteiger partial charge in [0, 0.05) is 0 Å². The molecule has 0 atom stereocenters. The van der Waals surface area contributed by atoms with Crippen LogP contribution in [0.2, 0.25) is 0 Å². The van der Waals surface area contributed by atoms with Gasteiger partial charge in [-0.25, -0.2) is 0 Å². The number of allylic oxidation sites excluding steroid dienone is 4. The Labute approximate surface area is 108 Å². The third-order valence-electron chi connectivity index (χ3n) is 3.46. The van der Waals surface area contributed by atoms with Gasteiger partial charge in [-0.05, 0) is 35.6 Å². The van der Waals surface area contributed by atoms with Gasteiger partial charge in [-0.3, -0.25) is 0 Å². The molecule has 2 aromatic carbocycles. The van der Waals surface area contributed by atoms with Gasteiger partial charge in [-0.2, -0.15) is 0 Å². The maximum Gasteiger partial charge on any atom is -0.0116 e. The zero-order valence-corrected chi connectivity index (χ0v) is 10.6. The SMILES string of the molecule is CC1=C(c2ccccc2)C(c2ccccc2)=CC1. The fourth-order valence-electron chi connectivity index (χ4n) is 2.58. The fourth-order valence-corrected chi connectivity index (χ4v) is 2.58. The van der Waals surface area contributed by atoms with E-state index in [4.69, 9.17) is 0 Å². The van der Waals surface area contributed by atoms with E-state index >= 15 is 0 Å². The largest absolute Gasteiger partial charge is 0.0720 e. The molecular formula is C18H16. The lowest BCUT2D eigenvalue weighted by Gasteiger charge is -2.11. The lowest BCUT2D eigenvalue weighted by Crippen LogP contribution is -1.88. The minimum absolute atomic E-state index is 1.06. The quantitative estimate of drug-likeness (QED) is 0.687. The molecule has 88 valence electrons. The Bertz CT molecular complexity index is 601. The molecule has 2 aromatic rings. The molecule has 0 nitrogen and oxygen atoms in total. The van der Waals surface area contributed by atoms with E-state index in [-0.39, 0.29) is 0 Å². The number of hydrogen-bond donors (Lipinski definition) is 0. The van der Waals surface area contributed by atoms with Crippen molar-refractivity contribution in [2.45, 2.75) is 13.3 Å². The lowest BCUT2D eigenvalue weighted by molar-refractivity contribution is 1.26. The summed E-state index contributed by atoms with van der Waals surface area (Å²) in [6.07, 6.45) is 3.40. The summed E-state index contributed by atoms with van der Waals surface area (Å²) >= 11 is 0. The summed E-state index contributed by atoms with van der Waals surface area (Å²) in [5.74, 6) is 0. The average molecular weight is 232 g/mol. The van der Waals surface area contributed by atoms with Crippen LogP contribution in [-0.4, -0.2) is 0 Å². The van der Waals surface area contributed by atoms with Crippen LogP contribution in [0.25, 0.3) is 11.1 Å². The molecule has 18 heavy (non-hydrogen) atoms. The Morgan fingerprint density at radius 1 is 0.722 bits per heavy atom. The Kier molecular flexibility index (Phi) is 2.85. The van der Waals surface area contributed by atoms with Gasteiger partial charge in [0.25, 0.3) is 0 Å². The second-order valence-electron chi connectivity index (χ2n) is 4.71. The van der Waals surface area contributed by atoms with Gasteiger partial charge in [0.05, 0.1) is 0 Å². The molecule has 0 aromatic heterocycles. The van der Waals surface area contributed by atoms with Crippen molar-refractivity contribution in [2.75, 3.05) is 0 Å². The molecule has 0 amide bonds. The van der Waals surface area contributed by atoms with E-state index in [2.05, 4.69) is 73.7 Å². The first-order valence-corrected chi connectivity index (χ1v) is 6.37. The van der Waals surface area contributed by atoms with Crippen LogP contribution in [-0.2, 0) is 0 Å². The number of hydrogen-bond acceptors (Lipinski definition) is 0. The Morgan fingerprint density at radius 2 is 1.28 bits per heavy atom. The van der Waals surface area contributed by atoms with Gasteiger partial charge in [-0.15, -0.1) is 0 Å². The minimum Gasteiger partial charge on any atom is -0.0720 e. The van der Waals surface area contributed by atoms with Crippen molar-refractivity contribution in [3.63, 3.8) is 0 Å². The van der Waals surface area contributed by atoms with Crippen molar-refractivity contribution < 1.29 is 0 Å². The summed E-state index contributed by atoms with van der Waals surface area (Å²) in [5, 5.41) is 0. The normalized spacial score (nSPS) is 14.8. The van der Waals surface area contributed by atoms with Crippen molar-refractivity contribution in [3.8, 4) is 0 Å². The molecule has 1 aliphatic rings. The highest BCUT2D eigenvalue weighted by Gasteiger charge is 2.17. The topological polar surface area (TPSA) is 0 Å². The summed E-state index contributed by atoms with van der Waals surface area (Å²) < 4.78 is 0. The molecule has 0 saturated heterocycles. The van der Waals surface area contributed by atoms with Gasteiger partial charge in [0.15, 0.2) is 0 Å². The first-order valence-electron chi connectivity index (χ1n) is 6.37. The highest BCUT2D eigenvalue weighted by Crippen LogP contribution is 2.39. The van der Waals surface area contributed by atoms with Crippen LogP contribution in [0.15, 0.2) is 72.3 Å². The van der Waals surface area contributed by atoms with Crippen molar-refractivity contribution in [1.29, 1.82) is 0 Å². The van der Waals surface area contributed by atoms with Crippen molar-refractivity contribution >= 4 is 11.1 Å². The molecule has 0 N–H and O–H groups in total. The third-order valence-corrected chi connectivity index (χ3v) is 3.46. The fraction of sp³-hybridized carbons (Fsp3) is 0.111. The first kappa shape index (κ1) is 11.0. The van der Waals surface area contributed by atoms with Gasteiger partial charge in [-0.1, -0.05) is 72.3 Å². The first-order chi connectivity index (χ1) is 8.86. The van der Waals surface area contributed by atoms with Crippen molar-refractivity contribution in [3.05, 3.63) is 83.4 Å². The summed E-state index contributed by atoms with van der Waals surface area (Å²) in [6.45, 7) is 2.23. The third kappa shape index (κ3) is 1.91. The predicted molar refractivity (Wildman–Crippen MR) is 78.1 cm³/mol. The lowest BCUT2D eigenvalue weighted by atomic mass is 9.93. The molecule has 0 heterocycles. The maximum absolute atomic E-state index is 2.34. The smallest absolute Gasteiger partial charge is 0.0116 e. The molecule has 0 heteroatoms. The van der Waals surface area contributed by atoms with Crippen LogP contribution < -0.4 is 0 Å². The number of rotatable bonds is 2.